The fourth-order valence-corrected chi connectivity index (χ4v) is 1.21. The van der Waals surface area contributed by atoms with E-state index in [0.717, 1.165) is 12.1 Å². The van der Waals surface area contributed by atoms with Crippen LogP contribution in [0.1, 0.15) is 38.4 Å². The van der Waals surface area contributed by atoms with Crippen LogP contribution < -0.4 is 0 Å². The molecule has 0 radical (unpaired) electrons. The molecule has 13 heavy (non-hydrogen) atoms. The number of nitrogens with zero attached hydrogens (tertiary/aromatic N) is 1. The molecule has 0 aliphatic heterocycles. The van der Waals surface area contributed by atoms with Gasteiger partial charge in [-0.25, -0.2) is 4.39 Å². The lowest BCUT2D eigenvalue weighted by molar-refractivity contribution is 0.466. The lowest BCUT2D eigenvalue weighted by Gasteiger charge is -2.23. The summed E-state index contributed by atoms with van der Waals surface area (Å²) in [4.78, 5) is 4.11. The van der Waals surface area contributed by atoms with Crippen molar-refractivity contribution in [3.05, 3.63) is 29.3 Å². The molecule has 1 rings (SSSR count). The highest BCUT2D eigenvalue weighted by Crippen LogP contribution is 2.28. The first kappa shape index (κ1) is 10.2. The fourth-order valence-electron chi connectivity index (χ4n) is 1.21. The second-order valence-electron chi connectivity index (χ2n) is 4.04. The summed E-state index contributed by atoms with van der Waals surface area (Å²) in [6.45, 7) is 7.91. The predicted molar refractivity (Wildman–Crippen MR) is 52.2 cm³/mol. The highest BCUT2D eigenvalue weighted by atomic mass is 19.1. The summed E-state index contributed by atoms with van der Waals surface area (Å²) in [7, 11) is 0. The van der Waals surface area contributed by atoms with Crippen molar-refractivity contribution >= 4 is 0 Å². The molecule has 0 amide bonds. The SMILES string of the molecule is CCC(C)(C)c1cnc(C)cc1F. The van der Waals surface area contributed by atoms with E-state index in [9.17, 15) is 4.39 Å². The smallest absolute Gasteiger partial charge is 0.130 e. The van der Waals surface area contributed by atoms with Gasteiger partial charge in [-0.05, 0) is 24.8 Å². The molecule has 0 atom stereocenters. The van der Waals surface area contributed by atoms with Crippen LogP contribution in [0.2, 0.25) is 0 Å². The first-order valence-corrected chi connectivity index (χ1v) is 4.60. The quantitative estimate of drug-likeness (QED) is 0.682. The van der Waals surface area contributed by atoms with Gasteiger partial charge in [0.1, 0.15) is 5.82 Å². The lowest BCUT2D eigenvalue weighted by atomic mass is 9.83. The van der Waals surface area contributed by atoms with E-state index in [4.69, 9.17) is 0 Å². The molecule has 1 heterocycles. The van der Waals surface area contributed by atoms with Gasteiger partial charge in [-0.2, -0.15) is 0 Å². The van der Waals surface area contributed by atoms with Crippen LogP contribution in [0, 0.1) is 12.7 Å². The number of pyridine rings is 1. The molecule has 0 N–H and O–H groups in total. The zero-order valence-corrected chi connectivity index (χ0v) is 8.69. The van der Waals surface area contributed by atoms with Gasteiger partial charge in [0.2, 0.25) is 0 Å². The summed E-state index contributed by atoms with van der Waals surface area (Å²) in [5.74, 6) is -0.139. The van der Waals surface area contributed by atoms with Gasteiger partial charge < -0.3 is 0 Å². The largest absolute Gasteiger partial charge is 0.261 e. The first-order valence-electron chi connectivity index (χ1n) is 4.60. The van der Waals surface area contributed by atoms with Crippen molar-refractivity contribution in [2.75, 3.05) is 0 Å². The van der Waals surface area contributed by atoms with Crippen LogP contribution in [0.4, 0.5) is 4.39 Å². The van der Waals surface area contributed by atoms with E-state index >= 15 is 0 Å². The number of aryl methyl sites for hydroxylation is 1. The van der Waals surface area contributed by atoms with Gasteiger partial charge in [-0.15, -0.1) is 0 Å². The Hall–Kier alpha value is -0.920. The zero-order chi connectivity index (χ0) is 10.1. The Kier molecular flexibility index (Phi) is 2.69. The fraction of sp³-hybridized carbons (Fsp3) is 0.545. The molecule has 0 aliphatic rings. The Labute approximate surface area is 79.0 Å². The van der Waals surface area contributed by atoms with Gasteiger partial charge in [0.25, 0.3) is 0 Å². The molecular formula is C11H16FN. The van der Waals surface area contributed by atoms with Crippen LogP contribution in [0.3, 0.4) is 0 Å². The molecule has 1 nitrogen and oxygen atoms in total. The number of rotatable bonds is 2. The van der Waals surface area contributed by atoms with Crippen molar-refractivity contribution in [1.29, 1.82) is 0 Å². The van der Waals surface area contributed by atoms with Gasteiger partial charge in [0.15, 0.2) is 0 Å². The third-order valence-electron chi connectivity index (χ3n) is 2.60. The summed E-state index contributed by atoms with van der Waals surface area (Å²) >= 11 is 0. The number of halogens is 1. The third kappa shape index (κ3) is 2.06. The normalized spacial score (nSPS) is 11.8. The molecule has 0 saturated carbocycles. The van der Waals surface area contributed by atoms with Crippen molar-refractivity contribution in [2.24, 2.45) is 0 Å². The Balaban J connectivity index is 3.16. The lowest BCUT2D eigenvalue weighted by Crippen LogP contribution is -2.18. The van der Waals surface area contributed by atoms with Gasteiger partial charge in [-0.3, -0.25) is 4.98 Å². The van der Waals surface area contributed by atoms with Crippen LogP contribution >= 0.6 is 0 Å². The summed E-state index contributed by atoms with van der Waals surface area (Å²) in [6, 6.07) is 1.49. The molecule has 0 bridgehead atoms. The van der Waals surface area contributed by atoms with Crippen LogP contribution in [0.15, 0.2) is 12.3 Å². The van der Waals surface area contributed by atoms with E-state index in [-0.39, 0.29) is 11.2 Å². The Morgan fingerprint density at radius 1 is 1.46 bits per heavy atom. The second kappa shape index (κ2) is 3.44. The summed E-state index contributed by atoms with van der Waals surface area (Å²) in [5.41, 5.74) is 1.32. The third-order valence-corrected chi connectivity index (χ3v) is 2.60. The van der Waals surface area contributed by atoms with Crippen LogP contribution in [-0.2, 0) is 5.41 Å². The van der Waals surface area contributed by atoms with Crippen molar-refractivity contribution in [2.45, 2.75) is 39.5 Å². The number of hydrogen-bond acceptors (Lipinski definition) is 1. The number of hydrogen-bond donors (Lipinski definition) is 0. The van der Waals surface area contributed by atoms with E-state index in [1.165, 1.54) is 6.07 Å². The molecule has 1 aromatic heterocycles. The summed E-state index contributed by atoms with van der Waals surface area (Å²) in [5, 5.41) is 0. The molecule has 0 spiro atoms. The molecular weight excluding hydrogens is 165 g/mol. The molecule has 0 unspecified atom stereocenters. The van der Waals surface area contributed by atoms with Crippen LogP contribution in [0.5, 0.6) is 0 Å². The Bertz CT molecular complexity index is 305. The molecule has 72 valence electrons. The maximum Gasteiger partial charge on any atom is 0.130 e. The molecule has 0 fully saturated rings. The van der Waals surface area contributed by atoms with E-state index in [1.54, 1.807) is 13.1 Å². The molecule has 1 aromatic rings. The van der Waals surface area contributed by atoms with Gasteiger partial charge in [-0.1, -0.05) is 20.8 Å². The van der Waals surface area contributed by atoms with Crippen molar-refractivity contribution in [3.63, 3.8) is 0 Å². The van der Waals surface area contributed by atoms with Crippen molar-refractivity contribution < 1.29 is 4.39 Å². The highest BCUT2D eigenvalue weighted by Gasteiger charge is 2.22. The summed E-state index contributed by atoms with van der Waals surface area (Å²) < 4.78 is 13.5. The highest BCUT2D eigenvalue weighted by molar-refractivity contribution is 5.23. The standard InChI is InChI=1S/C11H16FN/c1-5-11(3,4)9-7-13-8(2)6-10(9)12/h6-7H,5H2,1-4H3. The maximum absolute atomic E-state index is 13.5. The van der Waals surface area contributed by atoms with E-state index in [0.29, 0.717) is 5.56 Å². The zero-order valence-electron chi connectivity index (χ0n) is 8.69. The molecule has 2 heteroatoms. The van der Waals surface area contributed by atoms with Gasteiger partial charge in [0, 0.05) is 17.5 Å². The van der Waals surface area contributed by atoms with Crippen molar-refractivity contribution in [3.8, 4) is 0 Å². The average Bonchev–Trinajstić information content (AvgIpc) is 2.03. The van der Waals surface area contributed by atoms with E-state index < -0.39 is 0 Å². The maximum atomic E-state index is 13.5. The topological polar surface area (TPSA) is 12.9 Å². The van der Waals surface area contributed by atoms with Crippen LogP contribution in [-0.4, -0.2) is 4.98 Å². The molecule has 0 aromatic carbocycles. The molecule has 0 aliphatic carbocycles. The van der Waals surface area contributed by atoms with E-state index in [2.05, 4.69) is 11.9 Å². The van der Waals surface area contributed by atoms with Crippen LogP contribution in [0.25, 0.3) is 0 Å². The second-order valence-corrected chi connectivity index (χ2v) is 4.04. The minimum absolute atomic E-state index is 0.120. The first-order chi connectivity index (χ1) is 5.97. The Morgan fingerprint density at radius 3 is 2.54 bits per heavy atom. The molecule has 0 saturated heterocycles. The monoisotopic (exact) mass is 181 g/mol. The Morgan fingerprint density at radius 2 is 2.08 bits per heavy atom. The average molecular weight is 181 g/mol. The summed E-state index contributed by atoms with van der Waals surface area (Å²) in [6.07, 6.45) is 2.56. The predicted octanol–water partition coefficient (Wildman–Crippen LogP) is 3.22. The van der Waals surface area contributed by atoms with Gasteiger partial charge in [0.05, 0.1) is 0 Å². The van der Waals surface area contributed by atoms with Crippen molar-refractivity contribution in [1.82, 2.24) is 4.98 Å². The minimum Gasteiger partial charge on any atom is -0.261 e. The number of aromatic nitrogens is 1. The van der Waals surface area contributed by atoms with Gasteiger partial charge >= 0.3 is 0 Å². The minimum atomic E-state index is -0.139. The van der Waals surface area contributed by atoms with E-state index in [1.807, 2.05) is 13.8 Å².